The number of nitrogens with zero attached hydrogens (tertiary/aromatic N) is 3. The van der Waals surface area contributed by atoms with Crippen molar-refractivity contribution in [3.05, 3.63) is 54.1 Å². The highest BCUT2D eigenvalue weighted by Crippen LogP contribution is 2.35. The molecule has 1 fully saturated rings. The molecule has 0 radical (unpaired) electrons. The van der Waals surface area contributed by atoms with Gasteiger partial charge in [-0.3, -0.25) is 10.1 Å². The highest BCUT2D eigenvalue weighted by molar-refractivity contribution is 7.18. The number of likely N-dealkylation sites (tertiary alicyclic amines) is 1. The summed E-state index contributed by atoms with van der Waals surface area (Å²) in [4.78, 5) is 26.8. The van der Waals surface area contributed by atoms with Crippen molar-refractivity contribution in [2.24, 2.45) is 0 Å². The molecule has 8 nitrogen and oxygen atoms in total. The summed E-state index contributed by atoms with van der Waals surface area (Å²) in [6.07, 6.45) is -3.70. The molecule has 0 saturated carbocycles. The maximum atomic E-state index is 13.2. The van der Waals surface area contributed by atoms with Crippen molar-refractivity contribution in [1.82, 2.24) is 15.1 Å². The maximum Gasteiger partial charge on any atom is 0.418 e. The number of hydrogen-bond donors (Lipinski definition) is 2. The van der Waals surface area contributed by atoms with Crippen molar-refractivity contribution in [3.63, 3.8) is 0 Å². The standard InChI is InChI=1S/C22H20F3N5O3S/c1-33-14-10-8-13(9-11-14)19-28-29-20(34-19)27-18(31)17-7-4-12-30(17)21(32)26-16-6-3-2-5-15(16)22(23,24)25/h2-3,5-6,8-11,17H,4,7,12H2,1H3,(H,26,32)(H,27,29,31). The van der Waals surface area contributed by atoms with Gasteiger partial charge in [0.15, 0.2) is 0 Å². The van der Waals surface area contributed by atoms with Crippen LogP contribution in [0.2, 0.25) is 0 Å². The number of nitrogens with one attached hydrogen (secondary N) is 2. The molecule has 12 heteroatoms. The first-order chi connectivity index (χ1) is 16.3. The van der Waals surface area contributed by atoms with E-state index < -0.39 is 29.7 Å². The Morgan fingerprint density at radius 3 is 2.53 bits per heavy atom. The topological polar surface area (TPSA) is 96.5 Å². The van der Waals surface area contributed by atoms with Crippen molar-refractivity contribution in [1.29, 1.82) is 0 Å². The maximum absolute atomic E-state index is 13.2. The van der Waals surface area contributed by atoms with Gasteiger partial charge in [0.2, 0.25) is 11.0 Å². The molecule has 0 spiro atoms. The number of rotatable bonds is 5. The van der Waals surface area contributed by atoms with Crippen molar-refractivity contribution in [3.8, 4) is 16.3 Å². The molecule has 1 saturated heterocycles. The van der Waals surface area contributed by atoms with Gasteiger partial charge in [-0.25, -0.2) is 4.79 Å². The van der Waals surface area contributed by atoms with Gasteiger partial charge in [0.1, 0.15) is 16.8 Å². The largest absolute Gasteiger partial charge is 0.497 e. The van der Waals surface area contributed by atoms with Crippen LogP contribution in [0.25, 0.3) is 10.6 Å². The van der Waals surface area contributed by atoms with Crippen LogP contribution in [0.15, 0.2) is 48.5 Å². The number of carbonyl (C=O) groups excluding carboxylic acids is 2. The summed E-state index contributed by atoms with van der Waals surface area (Å²) >= 11 is 1.16. The molecule has 34 heavy (non-hydrogen) atoms. The van der Waals surface area contributed by atoms with E-state index in [1.807, 2.05) is 12.1 Å². The minimum absolute atomic E-state index is 0.241. The molecule has 3 aromatic rings. The summed E-state index contributed by atoms with van der Waals surface area (Å²) in [6, 6.07) is 10.3. The number of benzene rings is 2. The normalized spacial score (nSPS) is 15.8. The molecular formula is C22H20F3N5O3S. The van der Waals surface area contributed by atoms with Gasteiger partial charge in [-0.05, 0) is 49.2 Å². The van der Waals surface area contributed by atoms with E-state index in [-0.39, 0.29) is 17.4 Å². The number of carbonyl (C=O) groups is 2. The molecule has 1 atom stereocenters. The fourth-order valence-electron chi connectivity index (χ4n) is 3.62. The number of alkyl halides is 3. The van der Waals surface area contributed by atoms with Crippen molar-refractivity contribution in [2.45, 2.75) is 25.1 Å². The number of halogens is 3. The molecule has 2 N–H and O–H groups in total. The van der Waals surface area contributed by atoms with Gasteiger partial charge < -0.3 is 15.0 Å². The fraction of sp³-hybridized carbons (Fsp3) is 0.273. The number of para-hydroxylation sites is 1. The van der Waals surface area contributed by atoms with E-state index >= 15 is 0 Å². The Morgan fingerprint density at radius 2 is 1.82 bits per heavy atom. The summed E-state index contributed by atoms with van der Waals surface area (Å²) in [7, 11) is 1.56. The van der Waals surface area contributed by atoms with E-state index in [0.717, 1.165) is 23.0 Å². The zero-order valence-electron chi connectivity index (χ0n) is 17.9. The Hall–Kier alpha value is -3.67. The number of amides is 3. The third-order valence-electron chi connectivity index (χ3n) is 5.28. The van der Waals surface area contributed by atoms with Crippen LogP contribution in [0.1, 0.15) is 18.4 Å². The van der Waals surface area contributed by atoms with Crippen LogP contribution in [-0.4, -0.2) is 46.7 Å². The van der Waals surface area contributed by atoms with E-state index in [1.165, 1.54) is 23.1 Å². The predicted octanol–water partition coefficient (Wildman–Crippen LogP) is 4.87. The van der Waals surface area contributed by atoms with Gasteiger partial charge in [0.25, 0.3) is 0 Å². The van der Waals surface area contributed by atoms with Crippen LogP contribution in [0.5, 0.6) is 5.75 Å². The minimum atomic E-state index is -4.62. The van der Waals surface area contributed by atoms with Crippen LogP contribution in [-0.2, 0) is 11.0 Å². The molecule has 1 unspecified atom stereocenters. The Bertz CT molecular complexity index is 1180. The third kappa shape index (κ3) is 5.11. The summed E-state index contributed by atoms with van der Waals surface area (Å²) in [5, 5.41) is 13.9. The number of urea groups is 1. The first-order valence-corrected chi connectivity index (χ1v) is 11.1. The molecule has 2 aromatic carbocycles. The molecule has 1 aromatic heterocycles. The van der Waals surface area contributed by atoms with E-state index in [2.05, 4.69) is 20.8 Å². The molecular weight excluding hydrogens is 471 g/mol. The van der Waals surface area contributed by atoms with Crippen LogP contribution in [0, 0.1) is 0 Å². The Balaban J connectivity index is 1.43. The summed E-state index contributed by atoms with van der Waals surface area (Å²) < 4.78 is 44.8. The van der Waals surface area contributed by atoms with Crippen molar-refractivity contribution < 1.29 is 27.5 Å². The number of methoxy groups -OCH3 is 1. The van der Waals surface area contributed by atoms with Gasteiger partial charge in [-0.1, -0.05) is 23.5 Å². The number of ether oxygens (including phenoxy) is 1. The Morgan fingerprint density at radius 1 is 1.09 bits per heavy atom. The van der Waals surface area contributed by atoms with Crippen LogP contribution in [0.3, 0.4) is 0 Å². The number of hydrogen-bond acceptors (Lipinski definition) is 6. The molecule has 2 heterocycles. The van der Waals surface area contributed by atoms with Crippen LogP contribution in [0.4, 0.5) is 28.8 Å². The van der Waals surface area contributed by atoms with Gasteiger partial charge in [0, 0.05) is 12.1 Å². The molecule has 178 valence electrons. The average molecular weight is 491 g/mol. The lowest BCUT2D eigenvalue weighted by molar-refractivity contribution is -0.137. The smallest absolute Gasteiger partial charge is 0.418 e. The van der Waals surface area contributed by atoms with Crippen molar-refractivity contribution in [2.75, 3.05) is 24.3 Å². The highest BCUT2D eigenvalue weighted by Gasteiger charge is 2.37. The molecule has 1 aliphatic heterocycles. The number of aromatic nitrogens is 2. The van der Waals surface area contributed by atoms with E-state index in [0.29, 0.717) is 23.6 Å². The first-order valence-electron chi connectivity index (χ1n) is 10.3. The summed E-state index contributed by atoms with van der Waals surface area (Å²) in [5.41, 5.74) is -0.521. The monoisotopic (exact) mass is 491 g/mol. The third-order valence-corrected chi connectivity index (χ3v) is 6.17. The zero-order chi connectivity index (χ0) is 24.3. The van der Waals surface area contributed by atoms with Crippen molar-refractivity contribution >= 4 is 34.1 Å². The van der Waals surface area contributed by atoms with E-state index in [4.69, 9.17) is 4.74 Å². The second kappa shape index (κ2) is 9.67. The Labute approximate surface area is 196 Å². The SMILES string of the molecule is COc1ccc(-c2nnc(NC(=O)C3CCCN3C(=O)Nc3ccccc3C(F)(F)F)s2)cc1. The molecule has 4 rings (SSSR count). The van der Waals surface area contributed by atoms with Gasteiger partial charge in [-0.2, -0.15) is 13.2 Å². The van der Waals surface area contributed by atoms with Crippen LogP contribution < -0.4 is 15.4 Å². The quantitative estimate of drug-likeness (QED) is 0.531. The average Bonchev–Trinajstić information content (AvgIpc) is 3.49. The first kappa shape index (κ1) is 23.5. The van der Waals surface area contributed by atoms with Gasteiger partial charge in [-0.15, -0.1) is 10.2 Å². The highest BCUT2D eigenvalue weighted by atomic mass is 32.1. The molecule has 0 aliphatic carbocycles. The molecule has 0 bridgehead atoms. The molecule has 3 amide bonds. The second-order valence-electron chi connectivity index (χ2n) is 7.46. The van der Waals surface area contributed by atoms with Gasteiger partial charge >= 0.3 is 12.2 Å². The lowest BCUT2D eigenvalue weighted by Crippen LogP contribution is -2.45. The zero-order valence-corrected chi connectivity index (χ0v) is 18.7. The lowest BCUT2D eigenvalue weighted by Gasteiger charge is -2.24. The van der Waals surface area contributed by atoms with Crippen LogP contribution >= 0.6 is 11.3 Å². The van der Waals surface area contributed by atoms with E-state index in [9.17, 15) is 22.8 Å². The lowest BCUT2D eigenvalue weighted by atomic mass is 10.1. The second-order valence-corrected chi connectivity index (χ2v) is 8.43. The predicted molar refractivity (Wildman–Crippen MR) is 121 cm³/mol. The fourth-order valence-corrected chi connectivity index (χ4v) is 4.37. The number of anilines is 2. The molecule has 1 aliphatic rings. The minimum Gasteiger partial charge on any atom is -0.497 e. The summed E-state index contributed by atoms with van der Waals surface area (Å²) in [6.45, 7) is 0.241. The Kier molecular flexibility index (Phi) is 6.68. The van der Waals surface area contributed by atoms with E-state index in [1.54, 1.807) is 19.2 Å². The summed E-state index contributed by atoms with van der Waals surface area (Å²) in [5.74, 6) is 0.216. The van der Waals surface area contributed by atoms with Gasteiger partial charge in [0.05, 0.1) is 18.4 Å².